The SMILES string of the molecule is NC(=O)C1CCCCN1C(=O)c1cccc(S)c1. The van der Waals surface area contributed by atoms with Gasteiger partial charge in [-0.2, -0.15) is 0 Å². The summed E-state index contributed by atoms with van der Waals surface area (Å²) in [6, 6.07) is 6.54. The number of amides is 2. The number of hydrogen-bond donors (Lipinski definition) is 2. The van der Waals surface area contributed by atoms with Crippen molar-refractivity contribution in [2.45, 2.75) is 30.2 Å². The first-order valence-corrected chi connectivity index (χ1v) is 6.43. The fourth-order valence-electron chi connectivity index (χ4n) is 2.28. The Morgan fingerprint density at radius 1 is 1.33 bits per heavy atom. The molecule has 18 heavy (non-hydrogen) atoms. The summed E-state index contributed by atoms with van der Waals surface area (Å²) in [6.07, 6.45) is 2.50. The van der Waals surface area contributed by atoms with Crippen molar-refractivity contribution < 1.29 is 9.59 Å². The fraction of sp³-hybridized carbons (Fsp3) is 0.385. The Morgan fingerprint density at radius 3 is 2.78 bits per heavy atom. The van der Waals surface area contributed by atoms with Gasteiger partial charge >= 0.3 is 0 Å². The zero-order valence-electron chi connectivity index (χ0n) is 10.0. The highest BCUT2D eigenvalue weighted by Gasteiger charge is 2.31. The van der Waals surface area contributed by atoms with Crippen LogP contribution in [-0.2, 0) is 4.79 Å². The Morgan fingerprint density at radius 2 is 2.11 bits per heavy atom. The van der Waals surface area contributed by atoms with E-state index in [0.29, 0.717) is 18.5 Å². The van der Waals surface area contributed by atoms with Crippen molar-refractivity contribution in [1.29, 1.82) is 0 Å². The van der Waals surface area contributed by atoms with E-state index in [9.17, 15) is 9.59 Å². The molecule has 1 aliphatic heterocycles. The zero-order chi connectivity index (χ0) is 13.1. The van der Waals surface area contributed by atoms with Crippen LogP contribution in [0.3, 0.4) is 0 Å². The molecule has 0 saturated carbocycles. The van der Waals surface area contributed by atoms with Crippen LogP contribution in [-0.4, -0.2) is 29.3 Å². The third-order valence-electron chi connectivity index (χ3n) is 3.19. The Bertz CT molecular complexity index is 476. The van der Waals surface area contributed by atoms with Gasteiger partial charge in [-0.25, -0.2) is 0 Å². The van der Waals surface area contributed by atoms with Crippen molar-refractivity contribution in [2.24, 2.45) is 5.73 Å². The molecule has 1 saturated heterocycles. The van der Waals surface area contributed by atoms with Gasteiger partial charge in [0, 0.05) is 17.0 Å². The van der Waals surface area contributed by atoms with E-state index in [1.54, 1.807) is 23.1 Å². The molecule has 2 N–H and O–H groups in total. The molecular weight excluding hydrogens is 248 g/mol. The lowest BCUT2D eigenvalue weighted by molar-refractivity contribution is -0.123. The second-order valence-electron chi connectivity index (χ2n) is 4.46. The molecule has 0 aliphatic carbocycles. The zero-order valence-corrected chi connectivity index (χ0v) is 10.9. The van der Waals surface area contributed by atoms with Crippen molar-refractivity contribution in [3.63, 3.8) is 0 Å². The highest BCUT2D eigenvalue weighted by Crippen LogP contribution is 2.20. The summed E-state index contributed by atoms with van der Waals surface area (Å²) in [7, 11) is 0. The number of nitrogens with zero attached hydrogens (tertiary/aromatic N) is 1. The molecule has 1 aromatic rings. The summed E-state index contributed by atoms with van der Waals surface area (Å²) in [5.74, 6) is -0.570. The number of primary amides is 1. The van der Waals surface area contributed by atoms with Gasteiger partial charge in [-0.15, -0.1) is 12.6 Å². The minimum absolute atomic E-state index is 0.144. The number of piperidine rings is 1. The molecule has 0 spiro atoms. The maximum atomic E-state index is 12.4. The molecule has 2 rings (SSSR count). The number of hydrogen-bond acceptors (Lipinski definition) is 3. The van der Waals surface area contributed by atoms with E-state index in [4.69, 9.17) is 5.73 Å². The van der Waals surface area contributed by atoms with E-state index in [2.05, 4.69) is 12.6 Å². The lowest BCUT2D eigenvalue weighted by atomic mass is 10.0. The number of carbonyl (C=O) groups is 2. The van der Waals surface area contributed by atoms with Crippen molar-refractivity contribution in [3.8, 4) is 0 Å². The van der Waals surface area contributed by atoms with Crippen molar-refractivity contribution in [1.82, 2.24) is 4.90 Å². The second-order valence-corrected chi connectivity index (χ2v) is 4.98. The fourth-order valence-corrected chi connectivity index (χ4v) is 2.50. The van der Waals surface area contributed by atoms with Crippen LogP contribution in [0.15, 0.2) is 29.2 Å². The highest BCUT2D eigenvalue weighted by molar-refractivity contribution is 7.80. The Labute approximate surface area is 112 Å². The minimum Gasteiger partial charge on any atom is -0.368 e. The normalized spacial score (nSPS) is 19.6. The smallest absolute Gasteiger partial charge is 0.254 e. The maximum absolute atomic E-state index is 12.4. The number of thiol groups is 1. The topological polar surface area (TPSA) is 63.4 Å². The molecule has 0 bridgehead atoms. The lowest BCUT2D eigenvalue weighted by Gasteiger charge is -2.33. The van der Waals surface area contributed by atoms with Crippen LogP contribution >= 0.6 is 12.6 Å². The Balaban J connectivity index is 2.23. The predicted molar refractivity (Wildman–Crippen MR) is 71.6 cm³/mol. The van der Waals surface area contributed by atoms with Crippen molar-refractivity contribution in [3.05, 3.63) is 29.8 Å². The van der Waals surface area contributed by atoms with Gasteiger partial charge in [-0.1, -0.05) is 6.07 Å². The molecule has 0 radical (unpaired) electrons. The molecule has 1 fully saturated rings. The average Bonchev–Trinajstić information content (AvgIpc) is 2.38. The first kappa shape index (κ1) is 13.0. The molecule has 1 aromatic carbocycles. The van der Waals surface area contributed by atoms with E-state index in [1.165, 1.54) is 0 Å². The van der Waals surface area contributed by atoms with E-state index in [-0.39, 0.29) is 5.91 Å². The molecule has 0 aromatic heterocycles. The first-order chi connectivity index (χ1) is 8.59. The average molecular weight is 264 g/mol. The van der Waals surface area contributed by atoms with Crippen LogP contribution in [0.4, 0.5) is 0 Å². The molecule has 96 valence electrons. The van der Waals surface area contributed by atoms with Gasteiger partial charge in [0.1, 0.15) is 6.04 Å². The molecule has 1 unspecified atom stereocenters. The van der Waals surface area contributed by atoms with Crippen molar-refractivity contribution >= 4 is 24.4 Å². The van der Waals surface area contributed by atoms with E-state index < -0.39 is 11.9 Å². The third-order valence-corrected chi connectivity index (χ3v) is 3.46. The van der Waals surface area contributed by atoms with Crippen molar-refractivity contribution in [2.75, 3.05) is 6.54 Å². The highest BCUT2D eigenvalue weighted by atomic mass is 32.1. The van der Waals surface area contributed by atoms with Crippen LogP contribution in [0, 0.1) is 0 Å². The number of rotatable bonds is 2. The summed E-state index contributed by atoms with van der Waals surface area (Å²) in [6.45, 7) is 0.587. The molecule has 1 aliphatic rings. The monoisotopic (exact) mass is 264 g/mol. The number of nitrogens with two attached hydrogens (primary N) is 1. The minimum atomic E-state index is -0.477. The lowest BCUT2D eigenvalue weighted by Crippen LogP contribution is -2.50. The van der Waals surface area contributed by atoms with Gasteiger partial charge in [0.05, 0.1) is 0 Å². The van der Waals surface area contributed by atoms with Gasteiger partial charge in [0.15, 0.2) is 0 Å². The quantitative estimate of drug-likeness (QED) is 0.794. The second kappa shape index (κ2) is 5.44. The van der Waals surface area contributed by atoms with Crippen LogP contribution in [0.25, 0.3) is 0 Å². The summed E-state index contributed by atoms with van der Waals surface area (Å²) in [5, 5.41) is 0. The van der Waals surface area contributed by atoms with Gasteiger partial charge in [0.25, 0.3) is 5.91 Å². The van der Waals surface area contributed by atoms with Gasteiger partial charge < -0.3 is 10.6 Å². The standard InChI is InChI=1S/C13H16N2O2S/c14-12(16)11-6-1-2-7-15(11)13(17)9-4-3-5-10(18)8-9/h3-5,8,11,18H,1-2,6-7H2,(H2,14,16). The van der Waals surface area contributed by atoms with E-state index >= 15 is 0 Å². The van der Waals surface area contributed by atoms with Crippen LogP contribution < -0.4 is 5.73 Å². The van der Waals surface area contributed by atoms with Gasteiger partial charge in [-0.3, -0.25) is 9.59 Å². The number of carbonyl (C=O) groups excluding carboxylic acids is 2. The largest absolute Gasteiger partial charge is 0.368 e. The van der Waals surface area contributed by atoms with Gasteiger partial charge in [-0.05, 0) is 37.5 Å². The van der Waals surface area contributed by atoms with E-state index in [0.717, 1.165) is 17.7 Å². The summed E-state index contributed by atoms with van der Waals surface area (Å²) < 4.78 is 0. The molecule has 1 atom stereocenters. The van der Waals surface area contributed by atoms with E-state index in [1.807, 2.05) is 6.07 Å². The van der Waals surface area contributed by atoms with Crippen LogP contribution in [0.1, 0.15) is 29.6 Å². The Hall–Kier alpha value is -1.49. The first-order valence-electron chi connectivity index (χ1n) is 5.99. The molecule has 4 nitrogen and oxygen atoms in total. The maximum Gasteiger partial charge on any atom is 0.254 e. The van der Waals surface area contributed by atoms with Crippen LogP contribution in [0.2, 0.25) is 0 Å². The summed E-state index contributed by atoms with van der Waals surface area (Å²) in [4.78, 5) is 26.0. The van der Waals surface area contributed by atoms with Crippen LogP contribution in [0.5, 0.6) is 0 Å². The molecule has 2 amide bonds. The number of likely N-dealkylation sites (tertiary alicyclic amines) is 1. The molecule has 1 heterocycles. The summed E-state index contributed by atoms with van der Waals surface area (Å²) in [5.41, 5.74) is 5.91. The predicted octanol–water partition coefficient (Wildman–Crippen LogP) is 1.46. The molecular formula is C13H16N2O2S. The Kier molecular flexibility index (Phi) is 3.91. The third kappa shape index (κ3) is 2.67. The summed E-state index contributed by atoms with van der Waals surface area (Å²) >= 11 is 4.21. The van der Waals surface area contributed by atoms with Gasteiger partial charge in [0.2, 0.25) is 5.91 Å². The number of benzene rings is 1. The molecule has 5 heteroatoms.